The number of nitrogens with zero attached hydrogens (tertiary/aromatic N) is 5. The van der Waals surface area contributed by atoms with Gasteiger partial charge in [-0.25, -0.2) is 0 Å². The van der Waals surface area contributed by atoms with E-state index in [1.54, 1.807) is 18.2 Å². The lowest BCUT2D eigenvalue weighted by molar-refractivity contribution is 0.379. The Bertz CT molecular complexity index is 1600. The molecule has 5 rings (SSSR count). The molecular weight excluding hydrogens is 478 g/mol. The van der Waals surface area contributed by atoms with Crippen LogP contribution in [0.25, 0.3) is 28.1 Å². The minimum absolute atomic E-state index is 0.164. The Hall–Kier alpha value is -4.67. The van der Waals surface area contributed by atoms with Crippen molar-refractivity contribution in [2.24, 2.45) is 0 Å². The van der Waals surface area contributed by atoms with Gasteiger partial charge in [0.1, 0.15) is 28.7 Å². The lowest BCUT2D eigenvalue weighted by Crippen LogP contribution is -2.20. The fourth-order valence-electron chi connectivity index (χ4n) is 4.16. The molecule has 5 aromatic rings. The van der Waals surface area contributed by atoms with Crippen LogP contribution in [0.5, 0.6) is 17.4 Å². The van der Waals surface area contributed by atoms with Crippen LogP contribution in [0.2, 0.25) is 0 Å². The van der Waals surface area contributed by atoms with Crippen LogP contribution < -0.4 is 15.0 Å². The molecule has 0 saturated heterocycles. The number of methoxy groups -OCH3 is 2. The molecule has 3 heterocycles. The zero-order valence-corrected chi connectivity index (χ0v) is 20.6. The summed E-state index contributed by atoms with van der Waals surface area (Å²) < 4.78 is 23.7. The third kappa shape index (κ3) is 4.39. The zero-order valence-electron chi connectivity index (χ0n) is 20.6. The molecule has 3 aromatic heterocycles. The van der Waals surface area contributed by atoms with Crippen molar-refractivity contribution in [3.63, 3.8) is 0 Å². The van der Waals surface area contributed by atoms with Gasteiger partial charge in [-0.15, -0.1) is 10.2 Å². The lowest BCUT2D eigenvalue weighted by Gasteiger charge is -2.20. The van der Waals surface area contributed by atoms with Gasteiger partial charge in [0, 0.05) is 11.8 Å². The number of para-hydroxylation sites is 2. The Balaban J connectivity index is 1.63. The van der Waals surface area contributed by atoms with E-state index >= 15 is 0 Å². The standard InChI is InChI=1S/C26H25N5O6/c1-4-5-13-20-27-24(32)22(26(33)31(20)23-18(34-2)11-8-12-19(23)35-3)25-29-28-21(36-25)14-16-15-9-6-7-10-17(15)37-30-16/h6-12,33H,4-5,13-14H2,1-3H3. The molecule has 2 aromatic carbocycles. The topological polar surface area (TPSA) is 139 Å². The number of unbranched alkanes of at least 4 members (excludes halogenated alkanes) is 1. The molecule has 0 aliphatic rings. The van der Waals surface area contributed by atoms with E-state index < -0.39 is 11.4 Å². The Morgan fingerprint density at radius 1 is 1.03 bits per heavy atom. The number of aromatic hydroxyl groups is 1. The Morgan fingerprint density at radius 3 is 2.51 bits per heavy atom. The normalized spacial score (nSPS) is 11.2. The number of aryl methyl sites for hydroxylation is 1. The molecule has 0 saturated carbocycles. The summed E-state index contributed by atoms with van der Waals surface area (Å²) in [6, 6.07) is 12.6. The predicted octanol–water partition coefficient (Wildman–Crippen LogP) is 4.08. The van der Waals surface area contributed by atoms with E-state index in [2.05, 4.69) is 20.3 Å². The lowest BCUT2D eigenvalue weighted by atomic mass is 10.2. The molecule has 0 aliphatic heterocycles. The number of benzene rings is 2. The monoisotopic (exact) mass is 503 g/mol. The average Bonchev–Trinajstić information content (AvgIpc) is 3.54. The van der Waals surface area contributed by atoms with E-state index in [1.165, 1.54) is 18.8 Å². The van der Waals surface area contributed by atoms with Gasteiger partial charge < -0.3 is 23.5 Å². The van der Waals surface area contributed by atoms with E-state index in [0.717, 1.165) is 18.2 Å². The number of fused-ring (bicyclic) bond motifs is 1. The van der Waals surface area contributed by atoms with E-state index in [0.29, 0.717) is 40.7 Å². The van der Waals surface area contributed by atoms with Crippen LogP contribution >= 0.6 is 0 Å². The first-order chi connectivity index (χ1) is 18.0. The largest absolute Gasteiger partial charge is 0.494 e. The Morgan fingerprint density at radius 2 is 1.78 bits per heavy atom. The molecule has 0 spiro atoms. The minimum Gasteiger partial charge on any atom is -0.494 e. The maximum absolute atomic E-state index is 13.1. The van der Waals surface area contributed by atoms with Gasteiger partial charge >= 0.3 is 0 Å². The van der Waals surface area contributed by atoms with Gasteiger partial charge in [0.15, 0.2) is 11.1 Å². The molecule has 0 atom stereocenters. The molecule has 11 nitrogen and oxygen atoms in total. The highest BCUT2D eigenvalue weighted by Gasteiger charge is 2.27. The van der Waals surface area contributed by atoms with Gasteiger partial charge in [-0.1, -0.05) is 36.7 Å². The fraction of sp³-hybridized carbons (Fsp3) is 0.269. The summed E-state index contributed by atoms with van der Waals surface area (Å²) in [4.78, 5) is 17.4. The highest BCUT2D eigenvalue weighted by Crippen LogP contribution is 2.38. The van der Waals surface area contributed by atoms with Crippen LogP contribution in [-0.4, -0.2) is 44.2 Å². The van der Waals surface area contributed by atoms with Gasteiger partial charge in [-0.05, 0) is 30.7 Å². The van der Waals surface area contributed by atoms with Crippen LogP contribution in [-0.2, 0) is 12.8 Å². The molecule has 0 radical (unpaired) electrons. The SMILES string of the molecule is CCCCc1nc(=O)c(-c2nnc(Cc3noc4ccccc34)o2)c(O)n1-c1c(OC)cccc1OC. The number of hydrogen-bond acceptors (Lipinski definition) is 10. The molecule has 0 fully saturated rings. The van der Waals surface area contributed by atoms with E-state index in [1.807, 2.05) is 31.2 Å². The van der Waals surface area contributed by atoms with Gasteiger partial charge in [0.25, 0.3) is 11.4 Å². The molecule has 0 bridgehead atoms. The predicted molar refractivity (Wildman–Crippen MR) is 133 cm³/mol. The molecular formula is C26H25N5O6. The van der Waals surface area contributed by atoms with Crippen molar-refractivity contribution in [3.05, 3.63) is 70.2 Å². The summed E-state index contributed by atoms with van der Waals surface area (Å²) in [6.07, 6.45) is 2.24. The summed E-state index contributed by atoms with van der Waals surface area (Å²) in [5, 5.41) is 24.5. The van der Waals surface area contributed by atoms with Crippen molar-refractivity contribution in [2.75, 3.05) is 14.2 Å². The average molecular weight is 504 g/mol. The van der Waals surface area contributed by atoms with Crippen LogP contribution in [0.1, 0.15) is 37.2 Å². The van der Waals surface area contributed by atoms with Crippen LogP contribution in [0.3, 0.4) is 0 Å². The maximum atomic E-state index is 13.1. The summed E-state index contributed by atoms with van der Waals surface area (Å²) in [6.45, 7) is 2.03. The summed E-state index contributed by atoms with van der Waals surface area (Å²) in [5.41, 5.74) is 0.737. The van der Waals surface area contributed by atoms with E-state index in [9.17, 15) is 9.90 Å². The van der Waals surface area contributed by atoms with Crippen molar-refractivity contribution >= 4 is 11.0 Å². The molecule has 0 amide bonds. The van der Waals surface area contributed by atoms with E-state index in [4.69, 9.17) is 18.4 Å². The second-order valence-electron chi connectivity index (χ2n) is 8.29. The molecule has 11 heteroatoms. The smallest absolute Gasteiger partial charge is 0.289 e. The van der Waals surface area contributed by atoms with Crippen LogP contribution in [0.15, 0.2) is 56.2 Å². The quantitative estimate of drug-likeness (QED) is 0.313. The molecule has 1 N–H and O–H groups in total. The third-order valence-electron chi connectivity index (χ3n) is 5.97. The van der Waals surface area contributed by atoms with Gasteiger partial charge in [0.2, 0.25) is 11.8 Å². The highest BCUT2D eigenvalue weighted by molar-refractivity contribution is 5.79. The first kappa shape index (κ1) is 24.0. The Kier molecular flexibility index (Phi) is 6.59. The maximum Gasteiger partial charge on any atom is 0.289 e. The molecule has 190 valence electrons. The number of ether oxygens (including phenoxy) is 2. The molecule has 0 aliphatic carbocycles. The second kappa shape index (κ2) is 10.1. The minimum atomic E-state index is -0.684. The molecule has 37 heavy (non-hydrogen) atoms. The summed E-state index contributed by atoms with van der Waals surface area (Å²) in [7, 11) is 3.02. The second-order valence-corrected chi connectivity index (χ2v) is 8.29. The van der Waals surface area contributed by atoms with Gasteiger partial charge in [-0.2, -0.15) is 4.98 Å². The van der Waals surface area contributed by atoms with Crippen molar-refractivity contribution in [1.82, 2.24) is 24.9 Å². The Labute approximate surface area is 211 Å². The zero-order chi connectivity index (χ0) is 25.9. The summed E-state index contributed by atoms with van der Waals surface area (Å²) >= 11 is 0. The number of rotatable bonds is 9. The van der Waals surface area contributed by atoms with Crippen molar-refractivity contribution < 1.29 is 23.5 Å². The van der Waals surface area contributed by atoms with Crippen molar-refractivity contribution in [1.29, 1.82) is 0 Å². The van der Waals surface area contributed by atoms with Gasteiger partial charge in [-0.3, -0.25) is 9.36 Å². The third-order valence-corrected chi connectivity index (χ3v) is 5.97. The molecule has 0 unspecified atom stereocenters. The number of aromatic nitrogens is 5. The van der Waals surface area contributed by atoms with E-state index in [-0.39, 0.29) is 23.8 Å². The summed E-state index contributed by atoms with van der Waals surface area (Å²) in [5.74, 6) is 0.827. The van der Waals surface area contributed by atoms with Crippen molar-refractivity contribution in [3.8, 4) is 34.5 Å². The van der Waals surface area contributed by atoms with Crippen LogP contribution in [0.4, 0.5) is 0 Å². The first-order valence-electron chi connectivity index (χ1n) is 11.8. The highest BCUT2D eigenvalue weighted by atomic mass is 16.5. The fourth-order valence-corrected chi connectivity index (χ4v) is 4.16. The van der Waals surface area contributed by atoms with Gasteiger partial charge in [0.05, 0.1) is 20.6 Å². The number of hydrogen-bond donors (Lipinski definition) is 1. The van der Waals surface area contributed by atoms with Crippen molar-refractivity contribution in [2.45, 2.75) is 32.6 Å². The van der Waals surface area contributed by atoms with Crippen LogP contribution in [0, 0.1) is 0 Å². The first-order valence-corrected chi connectivity index (χ1v) is 11.8.